The zero-order valence-corrected chi connectivity index (χ0v) is 12.3. The van der Waals surface area contributed by atoms with Crippen LogP contribution in [0.4, 0.5) is 11.5 Å². The van der Waals surface area contributed by atoms with E-state index < -0.39 is 0 Å². The third-order valence-corrected chi connectivity index (χ3v) is 3.17. The number of anilines is 1. The first-order valence-corrected chi connectivity index (χ1v) is 7.14. The minimum atomic E-state index is -0.384. The Morgan fingerprint density at radius 2 is 2.05 bits per heavy atom. The largest absolute Gasteiger partial charge is 0.370 e. The lowest BCUT2D eigenvalue weighted by molar-refractivity contribution is -0.384. The Bertz CT molecular complexity index is 641. The second-order valence-corrected chi connectivity index (χ2v) is 4.80. The Hall–Kier alpha value is -2.43. The summed E-state index contributed by atoms with van der Waals surface area (Å²) in [6, 6.07) is 10.9. The van der Waals surface area contributed by atoms with Crippen LogP contribution >= 0.6 is 0 Å². The molecular weight excluding hydrogens is 266 g/mol. The summed E-state index contributed by atoms with van der Waals surface area (Å²) < 4.78 is 0. The van der Waals surface area contributed by atoms with E-state index in [9.17, 15) is 10.1 Å². The van der Waals surface area contributed by atoms with E-state index in [4.69, 9.17) is 0 Å². The van der Waals surface area contributed by atoms with Gasteiger partial charge in [0.2, 0.25) is 0 Å². The molecule has 1 aromatic carbocycles. The first-order valence-electron chi connectivity index (χ1n) is 7.14. The van der Waals surface area contributed by atoms with Gasteiger partial charge in [0.1, 0.15) is 5.82 Å². The van der Waals surface area contributed by atoms with Crippen molar-refractivity contribution < 1.29 is 4.92 Å². The highest BCUT2D eigenvalue weighted by Gasteiger charge is 2.17. The summed E-state index contributed by atoms with van der Waals surface area (Å²) in [7, 11) is 0. The maximum atomic E-state index is 11.2. The summed E-state index contributed by atoms with van der Waals surface area (Å²) in [5.41, 5.74) is 2.40. The Balaban J connectivity index is 2.51. The van der Waals surface area contributed by atoms with Crippen molar-refractivity contribution in [2.75, 3.05) is 11.9 Å². The number of benzene rings is 1. The molecule has 1 N–H and O–H groups in total. The summed E-state index contributed by atoms with van der Waals surface area (Å²) in [5, 5.41) is 14.3. The fourth-order valence-corrected chi connectivity index (χ4v) is 2.25. The van der Waals surface area contributed by atoms with Crippen molar-refractivity contribution in [3.63, 3.8) is 0 Å². The minimum Gasteiger partial charge on any atom is -0.370 e. The molecule has 5 heteroatoms. The van der Waals surface area contributed by atoms with Gasteiger partial charge in [-0.1, -0.05) is 31.5 Å². The maximum Gasteiger partial charge on any atom is 0.295 e. The molecule has 0 amide bonds. The zero-order valence-electron chi connectivity index (χ0n) is 12.3. The van der Waals surface area contributed by atoms with Gasteiger partial charge in [0.15, 0.2) is 5.69 Å². The Labute approximate surface area is 124 Å². The van der Waals surface area contributed by atoms with Gasteiger partial charge in [-0.2, -0.15) is 0 Å². The fraction of sp³-hybridized carbons (Fsp3) is 0.312. The molecule has 0 atom stereocenters. The molecule has 0 aliphatic rings. The zero-order chi connectivity index (χ0) is 15.2. The van der Waals surface area contributed by atoms with Crippen LogP contribution in [0.5, 0.6) is 0 Å². The number of hydrogen-bond donors (Lipinski definition) is 1. The van der Waals surface area contributed by atoms with Crippen LogP contribution in [0.3, 0.4) is 0 Å². The Morgan fingerprint density at radius 3 is 2.71 bits per heavy atom. The molecule has 0 saturated carbocycles. The van der Waals surface area contributed by atoms with Crippen molar-refractivity contribution >= 4 is 11.5 Å². The maximum absolute atomic E-state index is 11.2. The number of rotatable bonds is 6. The van der Waals surface area contributed by atoms with E-state index in [1.807, 2.05) is 31.2 Å². The first-order chi connectivity index (χ1) is 10.2. The van der Waals surface area contributed by atoms with Gasteiger partial charge in [0.25, 0.3) is 5.69 Å². The van der Waals surface area contributed by atoms with Gasteiger partial charge in [-0.3, -0.25) is 10.1 Å². The van der Waals surface area contributed by atoms with Crippen LogP contribution < -0.4 is 5.32 Å². The molecule has 5 nitrogen and oxygen atoms in total. The molecule has 110 valence electrons. The van der Waals surface area contributed by atoms with Gasteiger partial charge < -0.3 is 5.32 Å². The molecule has 0 aliphatic heterocycles. The van der Waals surface area contributed by atoms with E-state index in [2.05, 4.69) is 17.2 Å². The van der Waals surface area contributed by atoms with E-state index in [1.165, 1.54) is 11.6 Å². The molecular formula is C16H19N3O2. The van der Waals surface area contributed by atoms with Gasteiger partial charge in [-0.05, 0) is 31.0 Å². The standard InChI is InChI=1S/C16H19N3O2/c1-3-6-12-7-5-8-13(11-12)16-14(19(20)21)9-10-15(18-16)17-4-2/h5,7-11H,3-4,6H2,1-2H3,(H,17,18). The number of aromatic nitrogens is 1. The van der Waals surface area contributed by atoms with Crippen molar-refractivity contribution in [3.8, 4) is 11.3 Å². The van der Waals surface area contributed by atoms with Crippen molar-refractivity contribution in [1.29, 1.82) is 0 Å². The lowest BCUT2D eigenvalue weighted by Gasteiger charge is -2.08. The summed E-state index contributed by atoms with van der Waals surface area (Å²) >= 11 is 0. The molecule has 2 rings (SSSR count). The van der Waals surface area contributed by atoms with E-state index >= 15 is 0 Å². The van der Waals surface area contributed by atoms with Crippen molar-refractivity contribution in [3.05, 3.63) is 52.1 Å². The minimum absolute atomic E-state index is 0.0327. The normalized spacial score (nSPS) is 10.4. The second kappa shape index (κ2) is 6.83. The Kier molecular flexibility index (Phi) is 4.87. The SMILES string of the molecule is CCCc1cccc(-c2nc(NCC)ccc2[N+](=O)[O-])c1. The van der Waals surface area contributed by atoms with Crippen molar-refractivity contribution in [2.24, 2.45) is 0 Å². The fourth-order valence-electron chi connectivity index (χ4n) is 2.25. The molecule has 1 aromatic heterocycles. The van der Waals surface area contributed by atoms with Gasteiger partial charge in [-0.15, -0.1) is 0 Å². The molecule has 0 spiro atoms. The third kappa shape index (κ3) is 3.56. The smallest absolute Gasteiger partial charge is 0.295 e. The van der Waals surface area contributed by atoms with Crippen LogP contribution in [0.15, 0.2) is 36.4 Å². The van der Waals surface area contributed by atoms with E-state index in [0.29, 0.717) is 11.5 Å². The highest BCUT2D eigenvalue weighted by molar-refractivity contribution is 5.71. The van der Waals surface area contributed by atoms with Gasteiger partial charge in [-0.25, -0.2) is 4.98 Å². The molecule has 1 heterocycles. The summed E-state index contributed by atoms with van der Waals surface area (Å²) in [5.74, 6) is 0.652. The summed E-state index contributed by atoms with van der Waals surface area (Å²) in [6.45, 7) is 4.80. The predicted octanol–water partition coefficient (Wildman–Crippen LogP) is 4.04. The molecule has 21 heavy (non-hydrogen) atoms. The summed E-state index contributed by atoms with van der Waals surface area (Å²) in [4.78, 5) is 15.2. The summed E-state index contributed by atoms with van der Waals surface area (Å²) in [6.07, 6.45) is 1.99. The van der Waals surface area contributed by atoms with E-state index in [-0.39, 0.29) is 10.6 Å². The van der Waals surface area contributed by atoms with Gasteiger partial charge in [0.05, 0.1) is 4.92 Å². The van der Waals surface area contributed by atoms with Crippen LogP contribution in [0, 0.1) is 10.1 Å². The lowest BCUT2D eigenvalue weighted by Crippen LogP contribution is -2.02. The number of hydrogen-bond acceptors (Lipinski definition) is 4. The van der Waals surface area contributed by atoms with Crippen molar-refractivity contribution in [1.82, 2.24) is 4.98 Å². The monoisotopic (exact) mass is 285 g/mol. The highest BCUT2D eigenvalue weighted by Crippen LogP contribution is 2.30. The van der Waals surface area contributed by atoms with Crippen LogP contribution in [0.25, 0.3) is 11.3 Å². The van der Waals surface area contributed by atoms with Gasteiger partial charge in [0, 0.05) is 18.2 Å². The van der Waals surface area contributed by atoms with Crippen LogP contribution in [0.2, 0.25) is 0 Å². The molecule has 0 bridgehead atoms. The first kappa shape index (κ1) is 15.0. The third-order valence-electron chi connectivity index (χ3n) is 3.17. The van der Waals surface area contributed by atoms with E-state index in [0.717, 1.165) is 24.9 Å². The molecule has 0 unspecified atom stereocenters. The second-order valence-electron chi connectivity index (χ2n) is 4.80. The topological polar surface area (TPSA) is 68.1 Å². The number of aryl methyl sites for hydroxylation is 1. The van der Waals surface area contributed by atoms with Crippen molar-refractivity contribution in [2.45, 2.75) is 26.7 Å². The average molecular weight is 285 g/mol. The average Bonchev–Trinajstić information content (AvgIpc) is 2.48. The highest BCUT2D eigenvalue weighted by atomic mass is 16.6. The molecule has 0 radical (unpaired) electrons. The van der Waals surface area contributed by atoms with Crippen LogP contribution in [-0.2, 0) is 6.42 Å². The molecule has 0 fully saturated rings. The number of nitro groups is 1. The predicted molar refractivity (Wildman–Crippen MR) is 84.5 cm³/mol. The molecule has 0 aliphatic carbocycles. The number of pyridine rings is 1. The lowest BCUT2D eigenvalue weighted by atomic mass is 10.0. The Morgan fingerprint density at radius 1 is 1.24 bits per heavy atom. The van der Waals surface area contributed by atoms with E-state index in [1.54, 1.807) is 6.07 Å². The quantitative estimate of drug-likeness (QED) is 0.642. The molecule has 0 saturated heterocycles. The number of nitrogens with zero attached hydrogens (tertiary/aromatic N) is 2. The van der Waals surface area contributed by atoms with Crippen LogP contribution in [0.1, 0.15) is 25.8 Å². The van der Waals surface area contributed by atoms with Crippen LogP contribution in [-0.4, -0.2) is 16.5 Å². The van der Waals surface area contributed by atoms with Gasteiger partial charge >= 0.3 is 0 Å². The molecule has 2 aromatic rings. The number of nitrogens with one attached hydrogen (secondary N) is 1.